The van der Waals surface area contributed by atoms with Gasteiger partial charge in [-0.3, -0.25) is 4.79 Å². The van der Waals surface area contributed by atoms with E-state index in [-0.39, 0.29) is 5.41 Å². The summed E-state index contributed by atoms with van der Waals surface area (Å²) in [6.45, 7) is 6.50. The Morgan fingerprint density at radius 2 is 2.19 bits per heavy atom. The molecule has 1 aliphatic carbocycles. The van der Waals surface area contributed by atoms with Crippen molar-refractivity contribution in [2.45, 2.75) is 51.9 Å². The van der Waals surface area contributed by atoms with E-state index in [2.05, 4.69) is 31.1 Å². The average Bonchev–Trinajstić information content (AvgIpc) is 2.92. The van der Waals surface area contributed by atoms with E-state index in [1.807, 2.05) is 0 Å². The van der Waals surface area contributed by atoms with Crippen molar-refractivity contribution >= 4 is 17.1 Å². The van der Waals surface area contributed by atoms with Crippen LogP contribution in [0.5, 0.6) is 0 Å². The van der Waals surface area contributed by atoms with E-state index in [0.717, 1.165) is 30.0 Å². The van der Waals surface area contributed by atoms with Gasteiger partial charge in [-0.2, -0.15) is 0 Å². The Hall–Kier alpha value is -0.700. The molecule has 1 heterocycles. The third-order valence-corrected chi connectivity index (χ3v) is 3.85. The maximum atomic E-state index is 11.6. The molecule has 0 atom stereocenters. The van der Waals surface area contributed by atoms with Gasteiger partial charge in [-0.15, -0.1) is 11.3 Å². The van der Waals surface area contributed by atoms with Gasteiger partial charge in [0.2, 0.25) is 0 Å². The number of ketones is 1. The number of rotatable bonds is 4. The summed E-state index contributed by atoms with van der Waals surface area (Å²) in [6, 6.07) is 0. The highest BCUT2D eigenvalue weighted by Gasteiger charge is 2.29. The first kappa shape index (κ1) is 11.8. The summed E-state index contributed by atoms with van der Waals surface area (Å²) >= 11 is 1.69. The second kappa shape index (κ2) is 4.28. The summed E-state index contributed by atoms with van der Waals surface area (Å²) in [5.74, 6) is 0.828. The zero-order valence-electron chi connectivity index (χ0n) is 10.2. The number of thiazole rings is 1. The van der Waals surface area contributed by atoms with Crippen LogP contribution in [0.1, 0.15) is 50.7 Å². The first-order valence-corrected chi connectivity index (χ1v) is 6.82. The summed E-state index contributed by atoms with van der Waals surface area (Å²) in [4.78, 5) is 16.2. The summed E-state index contributed by atoms with van der Waals surface area (Å²) in [7, 11) is 0. The molecule has 0 amide bonds. The number of aryl methyl sites for hydroxylation is 1. The van der Waals surface area contributed by atoms with Gasteiger partial charge < -0.3 is 0 Å². The lowest BCUT2D eigenvalue weighted by atomic mass is 9.93. The van der Waals surface area contributed by atoms with Crippen molar-refractivity contribution in [1.29, 1.82) is 0 Å². The molecule has 16 heavy (non-hydrogen) atoms. The highest BCUT2D eigenvalue weighted by atomic mass is 32.1. The number of Topliss-reactive ketones (excluding diaryl/α,β-unsaturated/α-hetero) is 1. The Morgan fingerprint density at radius 3 is 2.69 bits per heavy atom. The Kier molecular flexibility index (Phi) is 3.15. The molecule has 0 spiro atoms. The fraction of sp³-hybridized carbons (Fsp3) is 0.692. The Labute approximate surface area is 101 Å². The van der Waals surface area contributed by atoms with E-state index in [0.29, 0.717) is 18.1 Å². The normalized spacial score (nSPS) is 16.4. The van der Waals surface area contributed by atoms with Crippen molar-refractivity contribution in [1.82, 2.24) is 4.98 Å². The molecule has 1 saturated carbocycles. The van der Waals surface area contributed by atoms with Crippen LogP contribution in [0.3, 0.4) is 0 Å². The highest BCUT2D eigenvalue weighted by molar-refractivity contribution is 7.09. The lowest BCUT2D eigenvalue weighted by Gasteiger charge is -2.14. The highest BCUT2D eigenvalue weighted by Crippen LogP contribution is 2.31. The summed E-state index contributed by atoms with van der Waals surface area (Å²) in [6.07, 6.45) is 3.74. The molecule has 88 valence electrons. The maximum absolute atomic E-state index is 11.6. The van der Waals surface area contributed by atoms with E-state index in [4.69, 9.17) is 0 Å². The fourth-order valence-electron chi connectivity index (χ4n) is 1.61. The van der Waals surface area contributed by atoms with Crippen LogP contribution >= 0.6 is 11.3 Å². The van der Waals surface area contributed by atoms with Gasteiger partial charge in [0.1, 0.15) is 5.78 Å². The molecule has 2 rings (SSSR count). The zero-order chi connectivity index (χ0) is 11.8. The number of carbonyl (C=O) groups excluding carboxylic acids is 1. The average molecular weight is 237 g/mol. The molecule has 0 saturated heterocycles. The van der Waals surface area contributed by atoms with Crippen LogP contribution in [0.4, 0.5) is 0 Å². The predicted octanol–water partition coefficient (Wildman–Crippen LogP) is 3.35. The van der Waals surface area contributed by atoms with E-state index in [1.165, 1.54) is 0 Å². The molecule has 3 heteroatoms. The Bertz CT molecular complexity index is 385. The molecule has 1 aromatic heterocycles. The van der Waals surface area contributed by atoms with Crippen LogP contribution < -0.4 is 0 Å². The van der Waals surface area contributed by atoms with Gasteiger partial charge in [0, 0.05) is 29.6 Å². The topological polar surface area (TPSA) is 30.0 Å². The Balaban J connectivity index is 1.90. The largest absolute Gasteiger partial charge is 0.299 e. The van der Waals surface area contributed by atoms with E-state index in [1.54, 1.807) is 11.3 Å². The van der Waals surface area contributed by atoms with Crippen molar-refractivity contribution < 1.29 is 4.79 Å². The Morgan fingerprint density at radius 1 is 1.50 bits per heavy atom. The lowest BCUT2D eigenvalue weighted by Crippen LogP contribution is -2.11. The first-order chi connectivity index (χ1) is 7.47. The minimum atomic E-state index is 0.120. The first-order valence-electron chi connectivity index (χ1n) is 5.94. The summed E-state index contributed by atoms with van der Waals surface area (Å²) < 4.78 is 0. The van der Waals surface area contributed by atoms with Crippen LogP contribution in [-0.4, -0.2) is 10.8 Å². The van der Waals surface area contributed by atoms with E-state index >= 15 is 0 Å². The molecule has 1 aliphatic rings. The van der Waals surface area contributed by atoms with Gasteiger partial charge in [-0.05, 0) is 12.8 Å². The maximum Gasteiger partial charge on any atom is 0.136 e. The molecule has 0 N–H and O–H groups in total. The number of aromatic nitrogens is 1. The summed E-state index contributed by atoms with van der Waals surface area (Å²) in [5, 5.41) is 3.23. The van der Waals surface area contributed by atoms with Crippen LogP contribution in [0, 0.1) is 5.92 Å². The van der Waals surface area contributed by atoms with Gasteiger partial charge in [0.25, 0.3) is 0 Å². The molecule has 1 aromatic rings. The number of carbonyl (C=O) groups is 1. The summed E-state index contributed by atoms with van der Waals surface area (Å²) in [5.41, 5.74) is 1.27. The molecule has 1 fully saturated rings. The minimum absolute atomic E-state index is 0.120. The molecule has 0 unspecified atom stereocenters. The smallest absolute Gasteiger partial charge is 0.136 e. The van der Waals surface area contributed by atoms with Gasteiger partial charge in [-0.25, -0.2) is 4.98 Å². The quantitative estimate of drug-likeness (QED) is 0.803. The van der Waals surface area contributed by atoms with Crippen molar-refractivity contribution in [3.8, 4) is 0 Å². The minimum Gasteiger partial charge on any atom is -0.299 e. The molecule has 0 aromatic carbocycles. The van der Waals surface area contributed by atoms with E-state index in [9.17, 15) is 4.79 Å². The third-order valence-electron chi connectivity index (χ3n) is 2.94. The SMILES string of the molecule is CC(C)(C)c1csc(CCC(=O)C2CC2)n1. The van der Waals surface area contributed by atoms with E-state index < -0.39 is 0 Å². The molecular weight excluding hydrogens is 218 g/mol. The van der Waals surface area contributed by atoms with Gasteiger partial charge in [-0.1, -0.05) is 20.8 Å². The second-order valence-electron chi connectivity index (χ2n) is 5.62. The van der Waals surface area contributed by atoms with Crippen molar-refractivity contribution in [3.63, 3.8) is 0 Å². The van der Waals surface area contributed by atoms with Crippen LogP contribution in [0.25, 0.3) is 0 Å². The number of nitrogens with zero attached hydrogens (tertiary/aromatic N) is 1. The third kappa shape index (κ3) is 2.91. The molecule has 0 radical (unpaired) electrons. The predicted molar refractivity (Wildman–Crippen MR) is 66.9 cm³/mol. The lowest BCUT2D eigenvalue weighted by molar-refractivity contribution is -0.120. The van der Waals surface area contributed by atoms with Crippen molar-refractivity contribution in [3.05, 3.63) is 16.1 Å². The monoisotopic (exact) mass is 237 g/mol. The van der Waals surface area contributed by atoms with Crippen molar-refractivity contribution in [2.24, 2.45) is 5.92 Å². The van der Waals surface area contributed by atoms with Crippen LogP contribution in [0.15, 0.2) is 5.38 Å². The molecule has 2 nitrogen and oxygen atoms in total. The standard InChI is InChI=1S/C13H19NOS/c1-13(2,3)11-8-16-12(14-11)7-6-10(15)9-4-5-9/h8-9H,4-7H2,1-3H3. The molecule has 0 aliphatic heterocycles. The van der Waals surface area contributed by atoms with Crippen LogP contribution in [-0.2, 0) is 16.6 Å². The zero-order valence-corrected chi connectivity index (χ0v) is 11.1. The number of hydrogen-bond donors (Lipinski definition) is 0. The molecule has 0 bridgehead atoms. The van der Waals surface area contributed by atoms with Gasteiger partial charge in [0.15, 0.2) is 0 Å². The van der Waals surface area contributed by atoms with Crippen LogP contribution in [0.2, 0.25) is 0 Å². The van der Waals surface area contributed by atoms with Gasteiger partial charge in [0.05, 0.1) is 10.7 Å². The molecular formula is C13H19NOS. The second-order valence-corrected chi connectivity index (χ2v) is 6.56. The van der Waals surface area contributed by atoms with Crippen molar-refractivity contribution in [2.75, 3.05) is 0 Å². The fourth-order valence-corrected chi connectivity index (χ4v) is 2.63. The van der Waals surface area contributed by atoms with Gasteiger partial charge >= 0.3 is 0 Å². The number of hydrogen-bond acceptors (Lipinski definition) is 3.